The van der Waals surface area contributed by atoms with E-state index in [4.69, 9.17) is 9.47 Å². The summed E-state index contributed by atoms with van der Waals surface area (Å²) >= 11 is 3.40. The van der Waals surface area contributed by atoms with Crippen molar-refractivity contribution in [2.24, 2.45) is 0 Å². The summed E-state index contributed by atoms with van der Waals surface area (Å²) in [4.78, 5) is 29.2. The second kappa shape index (κ2) is 7.60. The molecule has 0 atom stereocenters. The molecule has 0 saturated carbocycles. The Kier molecular flexibility index (Phi) is 5.03. The number of nitrogens with zero attached hydrogens (tertiary/aromatic N) is 2. The minimum Gasteiger partial charge on any atom is -0.454 e. The number of carbonyl (C=O) groups is 2. The zero-order chi connectivity index (χ0) is 18.8. The van der Waals surface area contributed by atoms with Gasteiger partial charge in [-0.25, -0.2) is 0 Å². The first-order chi connectivity index (χ1) is 13.1. The molecule has 0 aliphatic carbocycles. The first kappa shape index (κ1) is 17.9. The Labute approximate surface area is 165 Å². The normalized spacial score (nSPS) is 16.2. The van der Waals surface area contributed by atoms with Crippen LogP contribution in [0.2, 0.25) is 0 Å². The number of hydrogen-bond acceptors (Lipinski definition) is 4. The summed E-state index contributed by atoms with van der Waals surface area (Å²) in [5.74, 6) is 1.20. The smallest absolute Gasteiger partial charge is 0.254 e. The number of rotatable bonds is 2. The molecule has 140 valence electrons. The Morgan fingerprint density at radius 2 is 1.48 bits per heavy atom. The minimum absolute atomic E-state index is 0.00585. The summed E-state index contributed by atoms with van der Waals surface area (Å²) < 4.78 is 11.5. The molecule has 2 aliphatic heterocycles. The van der Waals surface area contributed by atoms with Gasteiger partial charge in [0.1, 0.15) is 0 Å². The predicted octanol–water partition coefficient (Wildman–Crippen LogP) is 3.17. The summed E-state index contributed by atoms with van der Waals surface area (Å²) in [7, 11) is 0. The Morgan fingerprint density at radius 3 is 2.19 bits per heavy atom. The van der Waals surface area contributed by atoms with Gasteiger partial charge in [-0.1, -0.05) is 22.0 Å². The monoisotopic (exact) mass is 430 g/mol. The lowest BCUT2D eigenvalue weighted by atomic mass is 10.1. The van der Waals surface area contributed by atoms with Crippen molar-refractivity contribution in [2.75, 3.05) is 33.0 Å². The average Bonchev–Trinajstić information content (AvgIpc) is 3.01. The lowest BCUT2D eigenvalue weighted by Crippen LogP contribution is -2.37. The van der Waals surface area contributed by atoms with Crippen LogP contribution in [0.25, 0.3) is 0 Å². The molecule has 2 aromatic carbocycles. The van der Waals surface area contributed by atoms with E-state index in [1.807, 2.05) is 29.2 Å². The van der Waals surface area contributed by atoms with E-state index < -0.39 is 0 Å². The maximum atomic E-state index is 12.9. The Balaban J connectivity index is 1.44. The zero-order valence-corrected chi connectivity index (χ0v) is 16.3. The maximum Gasteiger partial charge on any atom is 0.254 e. The molecule has 2 amide bonds. The molecule has 2 aromatic rings. The number of carbonyl (C=O) groups excluding carboxylic acids is 2. The molecule has 0 unspecified atom stereocenters. The molecule has 2 aliphatic rings. The average molecular weight is 431 g/mol. The fourth-order valence-corrected chi connectivity index (χ4v) is 3.74. The van der Waals surface area contributed by atoms with Gasteiger partial charge in [-0.15, -0.1) is 0 Å². The summed E-state index contributed by atoms with van der Waals surface area (Å²) in [6.45, 7) is 2.46. The van der Waals surface area contributed by atoms with Gasteiger partial charge in [-0.05, 0) is 42.8 Å². The highest BCUT2D eigenvalue weighted by Gasteiger charge is 2.25. The molecule has 1 fully saturated rings. The molecular formula is C20H19BrN2O4. The largest absolute Gasteiger partial charge is 0.454 e. The molecule has 1 saturated heterocycles. The van der Waals surface area contributed by atoms with E-state index in [1.165, 1.54) is 0 Å². The highest BCUT2D eigenvalue weighted by atomic mass is 79.9. The van der Waals surface area contributed by atoms with Crippen LogP contribution < -0.4 is 9.47 Å². The van der Waals surface area contributed by atoms with E-state index in [-0.39, 0.29) is 18.6 Å². The van der Waals surface area contributed by atoms with Crippen LogP contribution in [0.5, 0.6) is 11.5 Å². The highest BCUT2D eigenvalue weighted by molar-refractivity contribution is 9.10. The second-order valence-electron chi connectivity index (χ2n) is 6.52. The summed E-state index contributed by atoms with van der Waals surface area (Å²) in [5.41, 5.74) is 1.23. The third kappa shape index (κ3) is 3.78. The van der Waals surface area contributed by atoms with Crippen LogP contribution in [0.3, 0.4) is 0 Å². The van der Waals surface area contributed by atoms with Crippen LogP contribution in [0, 0.1) is 0 Å². The van der Waals surface area contributed by atoms with Gasteiger partial charge in [0.2, 0.25) is 6.79 Å². The lowest BCUT2D eigenvalue weighted by Gasteiger charge is -2.22. The van der Waals surface area contributed by atoms with E-state index in [9.17, 15) is 9.59 Å². The van der Waals surface area contributed by atoms with Crippen molar-refractivity contribution >= 4 is 27.7 Å². The zero-order valence-electron chi connectivity index (χ0n) is 14.7. The Hall–Kier alpha value is -2.54. The molecule has 6 nitrogen and oxygen atoms in total. The van der Waals surface area contributed by atoms with E-state index in [0.29, 0.717) is 48.8 Å². The maximum absolute atomic E-state index is 12.9. The number of amides is 2. The Morgan fingerprint density at radius 1 is 0.815 bits per heavy atom. The van der Waals surface area contributed by atoms with Crippen LogP contribution in [0.1, 0.15) is 27.1 Å². The fourth-order valence-electron chi connectivity index (χ4n) is 3.34. The topological polar surface area (TPSA) is 59.1 Å². The van der Waals surface area contributed by atoms with Crippen molar-refractivity contribution < 1.29 is 19.1 Å². The summed E-state index contributed by atoms with van der Waals surface area (Å²) in [6, 6.07) is 12.6. The van der Waals surface area contributed by atoms with Gasteiger partial charge < -0.3 is 19.3 Å². The van der Waals surface area contributed by atoms with Crippen molar-refractivity contribution in [2.45, 2.75) is 6.42 Å². The summed E-state index contributed by atoms with van der Waals surface area (Å²) in [6.07, 6.45) is 0.746. The molecule has 4 rings (SSSR count). The molecule has 0 N–H and O–H groups in total. The second-order valence-corrected chi connectivity index (χ2v) is 7.43. The van der Waals surface area contributed by atoms with Gasteiger partial charge in [0.25, 0.3) is 11.8 Å². The van der Waals surface area contributed by atoms with E-state index in [0.717, 1.165) is 10.9 Å². The van der Waals surface area contributed by atoms with Crippen molar-refractivity contribution in [3.05, 3.63) is 58.1 Å². The predicted molar refractivity (Wildman–Crippen MR) is 103 cm³/mol. The van der Waals surface area contributed by atoms with Gasteiger partial charge >= 0.3 is 0 Å². The number of ether oxygens (including phenoxy) is 2. The van der Waals surface area contributed by atoms with Gasteiger partial charge in [0.15, 0.2) is 11.5 Å². The Bertz CT molecular complexity index is 886. The van der Waals surface area contributed by atoms with Crippen molar-refractivity contribution in [1.29, 1.82) is 0 Å². The molecule has 0 aromatic heterocycles. The van der Waals surface area contributed by atoms with Gasteiger partial charge in [-0.3, -0.25) is 9.59 Å². The van der Waals surface area contributed by atoms with Crippen molar-refractivity contribution in [3.8, 4) is 11.5 Å². The molecule has 2 heterocycles. The van der Waals surface area contributed by atoms with Gasteiger partial charge in [0, 0.05) is 41.8 Å². The number of halogens is 1. The molecule has 0 spiro atoms. The fraction of sp³-hybridized carbons (Fsp3) is 0.300. The number of hydrogen-bond donors (Lipinski definition) is 0. The van der Waals surface area contributed by atoms with Crippen LogP contribution in [-0.2, 0) is 0 Å². The van der Waals surface area contributed by atoms with Gasteiger partial charge in [-0.2, -0.15) is 0 Å². The first-order valence-electron chi connectivity index (χ1n) is 8.85. The van der Waals surface area contributed by atoms with Crippen LogP contribution >= 0.6 is 15.9 Å². The molecular weight excluding hydrogens is 412 g/mol. The SMILES string of the molecule is O=C(c1cccc(Br)c1)N1CCCN(C(=O)c2ccc3c(c2)OCO3)CC1. The number of benzene rings is 2. The van der Waals surface area contributed by atoms with Crippen molar-refractivity contribution in [3.63, 3.8) is 0 Å². The van der Waals surface area contributed by atoms with E-state index in [1.54, 1.807) is 23.1 Å². The first-order valence-corrected chi connectivity index (χ1v) is 9.65. The minimum atomic E-state index is -0.0509. The van der Waals surface area contributed by atoms with Crippen LogP contribution in [0.4, 0.5) is 0 Å². The lowest BCUT2D eigenvalue weighted by molar-refractivity contribution is 0.0718. The van der Waals surface area contributed by atoms with E-state index >= 15 is 0 Å². The third-order valence-electron chi connectivity index (χ3n) is 4.76. The molecule has 0 bridgehead atoms. The molecule has 7 heteroatoms. The summed E-state index contributed by atoms with van der Waals surface area (Å²) in [5, 5.41) is 0. The number of fused-ring (bicyclic) bond motifs is 1. The third-order valence-corrected chi connectivity index (χ3v) is 5.25. The molecule has 0 radical (unpaired) electrons. The van der Waals surface area contributed by atoms with E-state index in [2.05, 4.69) is 15.9 Å². The van der Waals surface area contributed by atoms with Crippen LogP contribution in [0.15, 0.2) is 46.9 Å². The highest BCUT2D eigenvalue weighted by Crippen LogP contribution is 2.32. The quantitative estimate of drug-likeness (QED) is 0.733. The molecule has 27 heavy (non-hydrogen) atoms. The standard InChI is InChI=1S/C20H19BrN2O4/c21-16-4-1-3-14(11-16)19(24)22-7-2-8-23(10-9-22)20(25)15-5-6-17-18(12-15)27-13-26-17/h1,3-6,11-12H,2,7-10,13H2. The van der Waals surface area contributed by atoms with Crippen LogP contribution in [-0.4, -0.2) is 54.6 Å². The van der Waals surface area contributed by atoms with Gasteiger partial charge in [0.05, 0.1) is 0 Å². The van der Waals surface area contributed by atoms with Crippen molar-refractivity contribution in [1.82, 2.24) is 9.80 Å².